The third kappa shape index (κ3) is 3.03. The summed E-state index contributed by atoms with van der Waals surface area (Å²) < 4.78 is 9.10. The fourth-order valence-electron chi connectivity index (χ4n) is 4.84. The van der Waals surface area contributed by atoms with E-state index in [4.69, 9.17) is 9.84 Å². The number of nitrogens with zero attached hydrogens (tertiary/aromatic N) is 4. The second kappa shape index (κ2) is 7.69. The number of ether oxygens (including phenoxy) is 1. The third-order valence-electron chi connectivity index (χ3n) is 6.38. The standard InChI is InChI=1S/C24H26N4O2/c1-16-8-6-7-11-20(16)27-13-12-21-18(24(27)29)14-25-23-22(17-9-4-3-5-10-17)19(15-30-2)26-28(21)23/h3-5,9-10,12-14,16,20H,6-8,11,15H2,1-2H3/t16-,20+/m1/s1. The average Bonchev–Trinajstić information content (AvgIpc) is 3.14. The number of pyridine rings is 1. The lowest BCUT2D eigenvalue weighted by Crippen LogP contribution is -2.30. The largest absolute Gasteiger partial charge is 0.378 e. The molecule has 0 spiro atoms. The first-order valence-electron chi connectivity index (χ1n) is 10.6. The quantitative estimate of drug-likeness (QED) is 0.500. The second-order valence-electron chi connectivity index (χ2n) is 8.27. The summed E-state index contributed by atoms with van der Waals surface area (Å²) in [5.74, 6) is 0.508. The molecule has 1 aliphatic rings. The van der Waals surface area contributed by atoms with E-state index in [1.54, 1.807) is 17.8 Å². The first-order chi connectivity index (χ1) is 14.7. The molecule has 3 heterocycles. The van der Waals surface area contributed by atoms with Gasteiger partial charge in [-0.15, -0.1) is 0 Å². The average molecular weight is 402 g/mol. The van der Waals surface area contributed by atoms with Crippen LogP contribution >= 0.6 is 0 Å². The van der Waals surface area contributed by atoms with Crippen LogP contribution in [0.2, 0.25) is 0 Å². The minimum Gasteiger partial charge on any atom is -0.378 e. The van der Waals surface area contributed by atoms with E-state index in [0.29, 0.717) is 17.9 Å². The van der Waals surface area contributed by atoms with Gasteiger partial charge in [-0.2, -0.15) is 5.10 Å². The Kier molecular flexibility index (Phi) is 4.87. The van der Waals surface area contributed by atoms with Gasteiger partial charge < -0.3 is 9.30 Å². The summed E-state index contributed by atoms with van der Waals surface area (Å²) in [5, 5.41) is 5.39. The van der Waals surface area contributed by atoms with Crippen molar-refractivity contribution in [2.75, 3.05) is 7.11 Å². The van der Waals surface area contributed by atoms with Gasteiger partial charge in [0.1, 0.15) is 0 Å². The van der Waals surface area contributed by atoms with Gasteiger partial charge in [0.2, 0.25) is 0 Å². The molecule has 3 aromatic heterocycles. The molecule has 4 aromatic rings. The number of rotatable bonds is 4. The molecule has 0 amide bonds. The fourth-order valence-corrected chi connectivity index (χ4v) is 4.84. The molecule has 0 radical (unpaired) electrons. The van der Waals surface area contributed by atoms with Crippen LogP contribution < -0.4 is 5.56 Å². The number of hydrogen-bond acceptors (Lipinski definition) is 4. The van der Waals surface area contributed by atoms with Crippen LogP contribution in [0.25, 0.3) is 27.7 Å². The zero-order valence-electron chi connectivity index (χ0n) is 17.4. The summed E-state index contributed by atoms with van der Waals surface area (Å²) in [6, 6.07) is 12.3. The van der Waals surface area contributed by atoms with Crippen molar-refractivity contribution in [1.82, 2.24) is 19.2 Å². The SMILES string of the molecule is COCc1nn2c(ncc3c(=O)n([C@H]4CCCC[C@H]4C)ccc32)c1-c1ccccc1. The van der Waals surface area contributed by atoms with Crippen LogP contribution in [0, 0.1) is 5.92 Å². The number of methoxy groups -OCH3 is 1. The zero-order chi connectivity index (χ0) is 20.7. The van der Waals surface area contributed by atoms with E-state index in [1.807, 2.05) is 47.2 Å². The lowest BCUT2D eigenvalue weighted by Gasteiger charge is -2.30. The van der Waals surface area contributed by atoms with Gasteiger partial charge in [0, 0.05) is 25.5 Å². The van der Waals surface area contributed by atoms with Gasteiger partial charge in [0.25, 0.3) is 5.56 Å². The third-order valence-corrected chi connectivity index (χ3v) is 6.38. The Morgan fingerprint density at radius 2 is 1.93 bits per heavy atom. The van der Waals surface area contributed by atoms with Gasteiger partial charge in [0.05, 0.1) is 28.8 Å². The Balaban J connectivity index is 1.72. The van der Waals surface area contributed by atoms with Crippen molar-refractivity contribution in [3.8, 4) is 11.1 Å². The maximum Gasteiger partial charge on any atom is 0.261 e. The van der Waals surface area contributed by atoms with Gasteiger partial charge in [-0.25, -0.2) is 9.50 Å². The van der Waals surface area contributed by atoms with E-state index in [0.717, 1.165) is 34.4 Å². The van der Waals surface area contributed by atoms with Gasteiger partial charge in [-0.3, -0.25) is 4.79 Å². The Bertz CT molecular complexity index is 1260. The van der Waals surface area contributed by atoms with Crippen LogP contribution in [0.1, 0.15) is 44.3 Å². The fraction of sp³-hybridized carbons (Fsp3) is 0.375. The highest BCUT2D eigenvalue weighted by atomic mass is 16.5. The normalized spacial score (nSPS) is 19.5. The summed E-state index contributed by atoms with van der Waals surface area (Å²) in [6.07, 6.45) is 8.31. The highest BCUT2D eigenvalue weighted by molar-refractivity contribution is 5.86. The van der Waals surface area contributed by atoms with E-state index in [2.05, 4.69) is 11.9 Å². The van der Waals surface area contributed by atoms with Gasteiger partial charge in [-0.05, 0) is 30.4 Å². The molecule has 2 atom stereocenters. The predicted molar refractivity (Wildman–Crippen MR) is 118 cm³/mol. The van der Waals surface area contributed by atoms with Crippen molar-refractivity contribution < 1.29 is 4.74 Å². The molecular formula is C24H26N4O2. The topological polar surface area (TPSA) is 61.4 Å². The monoisotopic (exact) mass is 402 g/mol. The maximum atomic E-state index is 13.4. The molecule has 1 aliphatic carbocycles. The number of benzene rings is 1. The van der Waals surface area contributed by atoms with Crippen molar-refractivity contribution in [3.05, 3.63) is 64.8 Å². The maximum absolute atomic E-state index is 13.4. The Hall–Kier alpha value is -2.99. The minimum atomic E-state index is 0.0192. The predicted octanol–water partition coefficient (Wildman–Crippen LogP) is 4.61. The van der Waals surface area contributed by atoms with Crippen LogP contribution in [-0.4, -0.2) is 26.3 Å². The van der Waals surface area contributed by atoms with E-state index in [9.17, 15) is 4.79 Å². The molecule has 0 N–H and O–H groups in total. The van der Waals surface area contributed by atoms with E-state index < -0.39 is 0 Å². The second-order valence-corrected chi connectivity index (χ2v) is 8.27. The van der Waals surface area contributed by atoms with Crippen molar-refractivity contribution >= 4 is 16.6 Å². The molecule has 0 bridgehead atoms. The van der Waals surface area contributed by atoms with Crippen molar-refractivity contribution in [3.63, 3.8) is 0 Å². The van der Waals surface area contributed by atoms with Crippen LogP contribution in [0.15, 0.2) is 53.6 Å². The zero-order valence-corrected chi connectivity index (χ0v) is 17.4. The molecular weight excluding hydrogens is 376 g/mol. The molecule has 30 heavy (non-hydrogen) atoms. The van der Waals surface area contributed by atoms with Crippen LogP contribution in [0.5, 0.6) is 0 Å². The smallest absolute Gasteiger partial charge is 0.261 e. The molecule has 5 rings (SSSR count). The summed E-state index contributed by atoms with van der Waals surface area (Å²) in [6.45, 7) is 2.63. The molecule has 1 saturated carbocycles. The van der Waals surface area contributed by atoms with E-state index in [1.165, 1.54) is 19.3 Å². The van der Waals surface area contributed by atoms with Gasteiger partial charge in [0.15, 0.2) is 5.65 Å². The summed E-state index contributed by atoms with van der Waals surface area (Å²) in [5.41, 5.74) is 4.34. The summed E-state index contributed by atoms with van der Waals surface area (Å²) in [4.78, 5) is 18.0. The Morgan fingerprint density at radius 1 is 1.13 bits per heavy atom. The first-order valence-corrected chi connectivity index (χ1v) is 10.6. The highest BCUT2D eigenvalue weighted by Gasteiger charge is 2.25. The summed E-state index contributed by atoms with van der Waals surface area (Å²) >= 11 is 0. The molecule has 0 aliphatic heterocycles. The Morgan fingerprint density at radius 3 is 2.70 bits per heavy atom. The van der Waals surface area contributed by atoms with Crippen LogP contribution in [0.3, 0.4) is 0 Å². The van der Waals surface area contributed by atoms with E-state index in [-0.39, 0.29) is 11.6 Å². The van der Waals surface area contributed by atoms with Gasteiger partial charge in [-0.1, -0.05) is 50.1 Å². The lowest BCUT2D eigenvalue weighted by atomic mass is 9.85. The molecule has 154 valence electrons. The van der Waals surface area contributed by atoms with Crippen molar-refractivity contribution in [1.29, 1.82) is 0 Å². The van der Waals surface area contributed by atoms with Crippen LogP contribution in [-0.2, 0) is 11.3 Å². The van der Waals surface area contributed by atoms with Crippen LogP contribution in [0.4, 0.5) is 0 Å². The molecule has 6 heteroatoms. The number of fused-ring (bicyclic) bond motifs is 3. The van der Waals surface area contributed by atoms with Gasteiger partial charge >= 0.3 is 0 Å². The number of aromatic nitrogens is 4. The number of hydrogen-bond donors (Lipinski definition) is 0. The molecule has 1 fully saturated rings. The van der Waals surface area contributed by atoms with Crippen molar-refractivity contribution in [2.45, 2.75) is 45.3 Å². The lowest BCUT2D eigenvalue weighted by molar-refractivity contribution is 0.181. The highest BCUT2D eigenvalue weighted by Crippen LogP contribution is 2.33. The molecule has 0 unspecified atom stereocenters. The molecule has 1 aromatic carbocycles. The van der Waals surface area contributed by atoms with Crippen molar-refractivity contribution in [2.24, 2.45) is 5.92 Å². The van der Waals surface area contributed by atoms with E-state index >= 15 is 0 Å². The summed E-state index contributed by atoms with van der Waals surface area (Å²) in [7, 11) is 1.66. The first kappa shape index (κ1) is 19.0. The minimum absolute atomic E-state index is 0.0192. The molecule has 0 saturated heterocycles. The Labute approximate surface area is 175 Å². The molecule has 6 nitrogen and oxygen atoms in total.